The van der Waals surface area contributed by atoms with Crippen LogP contribution in [-0.2, 0) is 6.54 Å². The summed E-state index contributed by atoms with van der Waals surface area (Å²) < 4.78 is 11.0. The number of methoxy groups -OCH3 is 1. The minimum absolute atomic E-state index is 0. The van der Waals surface area contributed by atoms with Crippen LogP contribution in [0.1, 0.15) is 45.1 Å². The molecule has 0 heterocycles. The highest BCUT2D eigenvalue weighted by Gasteiger charge is 2.18. The molecule has 2 N–H and O–H groups in total. The van der Waals surface area contributed by atoms with E-state index >= 15 is 0 Å². The summed E-state index contributed by atoms with van der Waals surface area (Å²) in [5.74, 6) is 3.26. The van der Waals surface area contributed by atoms with Crippen LogP contribution in [0.2, 0.25) is 0 Å². The van der Waals surface area contributed by atoms with Gasteiger partial charge in [0.25, 0.3) is 0 Å². The summed E-state index contributed by atoms with van der Waals surface area (Å²) in [6, 6.07) is 6.55. The van der Waals surface area contributed by atoms with Gasteiger partial charge >= 0.3 is 0 Å². The Bertz CT molecular complexity index is 543. The van der Waals surface area contributed by atoms with Crippen LogP contribution in [0, 0.1) is 5.92 Å². The molecule has 2 rings (SSSR count). The number of aliphatic imine (C=N–C) groups is 1. The van der Waals surface area contributed by atoms with E-state index in [1.54, 1.807) is 7.11 Å². The summed E-state index contributed by atoms with van der Waals surface area (Å²) in [5.41, 5.74) is 1.13. The van der Waals surface area contributed by atoms with E-state index in [4.69, 9.17) is 9.47 Å². The maximum atomic E-state index is 5.56. The van der Waals surface area contributed by atoms with Gasteiger partial charge in [0.1, 0.15) is 0 Å². The average Bonchev–Trinajstić information content (AvgIpc) is 2.61. The first-order valence-corrected chi connectivity index (χ1v) is 8.93. The van der Waals surface area contributed by atoms with Crippen molar-refractivity contribution >= 4 is 29.9 Å². The second-order valence-electron chi connectivity index (χ2n) is 6.45. The van der Waals surface area contributed by atoms with E-state index in [1.807, 2.05) is 26.1 Å². The lowest BCUT2D eigenvalue weighted by Crippen LogP contribution is -2.44. The molecule has 0 saturated heterocycles. The van der Waals surface area contributed by atoms with Crippen molar-refractivity contribution in [2.75, 3.05) is 20.8 Å². The van der Waals surface area contributed by atoms with Crippen molar-refractivity contribution in [3.63, 3.8) is 0 Å². The van der Waals surface area contributed by atoms with E-state index in [9.17, 15) is 0 Å². The first kappa shape index (κ1) is 21.9. The zero-order valence-electron chi connectivity index (χ0n) is 15.8. The Hall–Kier alpha value is -1.18. The summed E-state index contributed by atoms with van der Waals surface area (Å²) in [7, 11) is 3.49. The molecule has 5 nitrogen and oxygen atoms in total. The van der Waals surface area contributed by atoms with Crippen LogP contribution in [0.5, 0.6) is 11.5 Å². The number of ether oxygens (including phenoxy) is 2. The van der Waals surface area contributed by atoms with E-state index in [1.165, 1.54) is 25.7 Å². The lowest BCUT2D eigenvalue weighted by Gasteiger charge is -2.28. The quantitative estimate of drug-likeness (QED) is 0.383. The fourth-order valence-electron chi connectivity index (χ4n) is 3.07. The molecule has 0 unspecified atom stereocenters. The second-order valence-corrected chi connectivity index (χ2v) is 6.45. The van der Waals surface area contributed by atoms with E-state index in [0.29, 0.717) is 19.2 Å². The van der Waals surface area contributed by atoms with Gasteiger partial charge in [-0.05, 0) is 56.2 Å². The topological polar surface area (TPSA) is 54.9 Å². The zero-order valence-corrected chi connectivity index (χ0v) is 18.1. The van der Waals surface area contributed by atoms with Gasteiger partial charge in [-0.2, -0.15) is 0 Å². The highest BCUT2D eigenvalue weighted by atomic mass is 127. The number of rotatable bonds is 6. The van der Waals surface area contributed by atoms with Crippen molar-refractivity contribution in [2.45, 2.75) is 52.1 Å². The van der Waals surface area contributed by atoms with Crippen LogP contribution in [0.15, 0.2) is 23.2 Å². The summed E-state index contributed by atoms with van der Waals surface area (Å²) in [5, 5.41) is 6.93. The number of nitrogens with one attached hydrogen (secondary N) is 2. The van der Waals surface area contributed by atoms with Gasteiger partial charge in [0, 0.05) is 19.6 Å². The van der Waals surface area contributed by atoms with Crippen LogP contribution >= 0.6 is 24.0 Å². The van der Waals surface area contributed by atoms with E-state index in [-0.39, 0.29) is 24.0 Å². The number of hydrogen-bond acceptors (Lipinski definition) is 3. The maximum Gasteiger partial charge on any atom is 0.191 e. The molecule has 0 atom stereocenters. The third-order valence-electron chi connectivity index (χ3n) is 4.57. The lowest BCUT2D eigenvalue weighted by molar-refractivity contribution is 0.310. The minimum atomic E-state index is 0. The van der Waals surface area contributed by atoms with Crippen LogP contribution in [0.25, 0.3) is 0 Å². The molecule has 6 heteroatoms. The summed E-state index contributed by atoms with van der Waals surface area (Å²) >= 11 is 0. The third-order valence-corrected chi connectivity index (χ3v) is 4.57. The van der Waals surface area contributed by atoms with Gasteiger partial charge in [0.15, 0.2) is 17.5 Å². The summed E-state index contributed by atoms with van der Waals surface area (Å²) in [6.45, 7) is 5.63. The molecule has 1 aliphatic carbocycles. The van der Waals surface area contributed by atoms with Crippen molar-refractivity contribution in [3.05, 3.63) is 23.8 Å². The van der Waals surface area contributed by atoms with Crippen molar-refractivity contribution in [3.8, 4) is 11.5 Å². The molecule has 0 aromatic heterocycles. The molecular weight excluding hydrogens is 429 g/mol. The number of hydrogen-bond donors (Lipinski definition) is 2. The third kappa shape index (κ3) is 6.92. The number of benzene rings is 1. The highest BCUT2D eigenvalue weighted by molar-refractivity contribution is 14.0. The van der Waals surface area contributed by atoms with Gasteiger partial charge in [-0.25, -0.2) is 0 Å². The van der Waals surface area contributed by atoms with Gasteiger partial charge in [0.05, 0.1) is 13.7 Å². The van der Waals surface area contributed by atoms with E-state index < -0.39 is 0 Å². The Labute approximate surface area is 169 Å². The Kier molecular flexibility index (Phi) is 10.0. The predicted molar refractivity (Wildman–Crippen MR) is 114 cm³/mol. The van der Waals surface area contributed by atoms with Gasteiger partial charge in [-0.3, -0.25) is 4.99 Å². The van der Waals surface area contributed by atoms with Crippen LogP contribution in [-0.4, -0.2) is 32.8 Å². The molecule has 142 valence electrons. The monoisotopic (exact) mass is 461 g/mol. The number of nitrogens with zero attached hydrogens (tertiary/aromatic N) is 1. The normalized spacial score (nSPS) is 20.4. The molecule has 1 fully saturated rings. The van der Waals surface area contributed by atoms with Crippen molar-refractivity contribution in [1.29, 1.82) is 0 Å². The van der Waals surface area contributed by atoms with Gasteiger partial charge in [0.2, 0.25) is 0 Å². The van der Waals surface area contributed by atoms with Gasteiger partial charge in [-0.15, -0.1) is 24.0 Å². The Morgan fingerprint density at radius 2 is 1.92 bits per heavy atom. The molecule has 1 aliphatic rings. The van der Waals surface area contributed by atoms with E-state index in [0.717, 1.165) is 28.9 Å². The maximum absolute atomic E-state index is 5.56. The fourth-order valence-corrected chi connectivity index (χ4v) is 3.07. The molecule has 0 radical (unpaired) electrons. The zero-order chi connectivity index (χ0) is 17.4. The molecule has 0 spiro atoms. The highest BCUT2D eigenvalue weighted by Crippen LogP contribution is 2.28. The standard InChI is InChI=1S/C19H31N3O2.HI/c1-5-24-17-11-8-15(12-18(17)23-4)13-21-19(20-3)22-16-9-6-14(2)7-10-16;/h8,11-12,14,16H,5-7,9-10,13H2,1-4H3,(H2,20,21,22);1H. The lowest BCUT2D eigenvalue weighted by atomic mass is 9.87. The fraction of sp³-hybridized carbons (Fsp3) is 0.632. The van der Waals surface area contributed by atoms with Gasteiger partial charge in [-0.1, -0.05) is 13.0 Å². The molecule has 1 aromatic rings. The van der Waals surface area contributed by atoms with Gasteiger partial charge < -0.3 is 20.1 Å². The molecule has 0 bridgehead atoms. The second kappa shape index (κ2) is 11.4. The minimum Gasteiger partial charge on any atom is -0.493 e. The largest absolute Gasteiger partial charge is 0.493 e. The predicted octanol–water partition coefficient (Wildman–Crippen LogP) is 3.96. The molecule has 25 heavy (non-hydrogen) atoms. The Morgan fingerprint density at radius 1 is 1.20 bits per heavy atom. The summed E-state index contributed by atoms with van der Waals surface area (Å²) in [6.07, 6.45) is 5.03. The molecule has 0 amide bonds. The Balaban J connectivity index is 0.00000312. The van der Waals surface area contributed by atoms with Crippen molar-refractivity contribution < 1.29 is 9.47 Å². The van der Waals surface area contributed by atoms with Crippen LogP contribution < -0.4 is 20.1 Å². The van der Waals surface area contributed by atoms with Crippen LogP contribution in [0.3, 0.4) is 0 Å². The summed E-state index contributed by atoms with van der Waals surface area (Å²) in [4.78, 5) is 4.34. The smallest absolute Gasteiger partial charge is 0.191 e. The SMILES string of the molecule is CCOc1ccc(CNC(=NC)NC2CCC(C)CC2)cc1OC.I. The number of guanidine groups is 1. The molecule has 0 aliphatic heterocycles. The van der Waals surface area contributed by atoms with Crippen molar-refractivity contribution in [2.24, 2.45) is 10.9 Å². The first-order valence-electron chi connectivity index (χ1n) is 8.93. The average molecular weight is 461 g/mol. The number of halogens is 1. The molecule has 1 aromatic carbocycles. The first-order chi connectivity index (χ1) is 11.7. The molecule has 1 saturated carbocycles. The molecular formula is C19H32IN3O2. The van der Waals surface area contributed by atoms with E-state index in [2.05, 4.69) is 28.6 Å². The van der Waals surface area contributed by atoms with Crippen molar-refractivity contribution in [1.82, 2.24) is 10.6 Å². The van der Waals surface area contributed by atoms with Crippen LogP contribution in [0.4, 0.5) is 0 Å². The Morgan fingerprint density at radius 3 is 2.52 bits per heavy atom.